The van der Waals surface area contributed by atoms with E-state index < -0.39 is 0 Å². The summed E-state index contributed by atoms with van der Waals surface area (Å²) in [5.41, 5.74) is 1.61. The zero-order valence-corrected chi connectivity index (χ0v) is 13.6. The van der Waals surface area contributed by atoms with E-state index in [4.69, 9.17) is 0 Å². The zero-order chi connectivity index (χ0) is 14.8. The Balaban J connectivity index is 1.86. The van der Waals surface area contributed by atoms with Gasteiger partial charge in [0.15, 0.2) is 0 Å². The summed E-state index contributed by atoms with van der Waals surface area (Å²) in [6.07, 6.45) is 7.18. The number of nitrogens with zero attached hydrogens (tertiary/aromatic N) is 2. The van der Waals surface area contributed by atoms with E-state index in [1.165, 1.54) is 25.7 Å². The second-order valence-electron chi connectivity index (χ2n) is 7.36. The highest BCUT2D eigenvalue weighted by atomic mass is 15.1. The lowest BCUT2D eigenvalue weighted by Crippen LogP contribution is -2.31. The number of hydrogen-bond donors (Lipinski definition) is 1. The average molecular weight is 275 g/mol. The molecule has 0 saturated heterocycles. The van der Waals surface area contributed by atoms with Crippen molar-refractivity contribution in [1.29, 1.82) is 0 Å². The van der Waals surface area contributed by atoms with Crippen LogP contribution in [0.3, 0.4) is 0 Å². The molecule has 1 N–H and O–H groups in total. The zero-order valence-electron chi connectivity index (χ0n) is 13.6. The second kappa shape index (κ2) is 6.02. The first-order valence-corrected chi connectivity index (χ1v) is 7.76. The first-order chi connectivity index (χ1) is 9.36. The quantitative estimate of drug-likeness (QED) is 0.897. The first kappa shape index (κ1) is 15.1. The third-order valence-corrected chi connectivity index (χ3v) is 4.53. The minimum Gasteiger partial charge on any atom is -0.381 e. The van der Waals surface area contributed by atoms with E-state index in [2.05, 4.69) is 43.2 Å². The molecule has 0 bridgehead atoms. The molecule has 1 aromatic rings. The number of aromatic nitrogens is 1. The highest BCUT2D eigenvalue weighted by molar-refractivity contribution is 5.48. The largest absolute Gasteiger partial charge is 0.381 e. The molecule has 0 spiro atoms. The number of nitrogens with one attached hydrogen (secondary N) is 1. The van der Waals surface area contributed by atoms with Gasteiger partial charge in [0, 0.05) is 20.1 Å². The highest BCUT2D eigenvalue weighted by Crippen LogP contribution is 2.38. The number of pyridine rings is 1. The van der Waals surface area contributed by atoms with E-state index in [0.717, 1.165) is 17.4 Å². The maximum Gasteiger partial charge on any atom is 0.128 e. The molecule has 0 aromatic carbocycles. The van der Waals surface area contributed by atoms with Crippen LogP contribution in [0.5, 0.6) is 0 Å². The summed E-state index contributed by atoms with van der Waals surface area (Å²) in [4.78, 5) is 6.49. The van der Waals surface area contributed by atoms with Gasteiger partial charge in [0.2, 0.25) is 0 Å². The van der Waals surface area contributed by atoms with E-state index >= 15 is 0 Å². The lowest BCUT2D eigenvalue weighted by molar-refractivity contribution is 0.173. The van der Waals surface area contributed by atoms with Gasteiger partial charge in [0.05, 0.1) is 11.9 Å². The van der Waals surface area contributed by atoms with E-state index in [1.54, 1.807) is 0 Å². The normalized spacial score (nSPS) is 23.4. The summed E-state index contributed by atoms with van der Waals surface area (Å²) in [6, 6.07) is 4.82. The lowest BCUT2D eigenvalue weighted by atomic mass is 9.71. The Hall–Kier alpha value is -1.25. The Labute approximate surface area is 123 Å². The summed E-state index contributed by atoms with van der Waals surface area (Å²) < 4.78 is 0. The van der Waals surface area contributed by atoms with Gasteiger partial charge in [-0.2, -0.15) is 0 Å². The van der Waals surface area contributed by atoms with Crippen molar-refractivity contribution in [2.75, 3.05) is 24.3 Å². The van der Waals surface area contributed by atoms with Gasteiger partial charge in [0.1, 0.15) is 5.82 Å². The SMILES string of the molecule is CN(C)c1ccc(NC2CCC(C(C)(C)C)CC2)cn1. The van der Waals surface area contributed by atoms with Crippen molar-refractivity contribution in [1.82, 2.24) is 4.98 Å². The van der Waals surface area contributed by atoms with Gasteiger partial charge >= 0.3 is 0 Å². The topological polar surface area (TPSA) is 28.2 Å². The van der Waals surface area contributed by atoms with Crippen molar-refractivity contribution in [3.63, 3.8) is 0 Å². The fourth-order valence-corrected chi connectivity index (χ4v) is 3.08. The van der Waals surface area contributed by atoms with Crippen LogP contribution in [0.15, 0.2) is 18.3 Å². The molecule has 0 aliphatic heterocycles. The predicted molar refractivity (Wildman–Crippen MR) is 87.4 cm³/mol. The summed E-state index contributed by atoms with van der Waals surface area (Å²) >= 11 is 0. The minimum atomic E-state index is 0.458. The number of rotatable bonds is 3. The molecule has 2 rings (SSSR count). The van der Waals surface area contributed by atoms with Gasteiger partial charge in [-0.05, 0) is 49.1 Å². The van der Waals surface area contributed by atoms with Crippen LogP contribution in [0.4, 0.5) is 11.5 Å². The molecule has 1 saturated carbocycles. The van der Waals surface area contributed by atoms with Crippen LogP contribution in [0.2, 0.25) is 0 Å². The van der Waals surface area contributed by atoms with Crippen LogP contribution in [-0.4, -0.2) is 25.1 Å². The maximum absolute atomic E-state index is 4.46. The molecule has 3 nitrogen and oxygen atoms in total. The van der Waals surface area contributed by atoms with Crippen molar-refractivity contribution >= 4 is 11.5 Å². The molecule has 0 unspecified atom stereocenters. The number of anilines is 2. The molecule has 112 valence electrons. The Bertz CT molecular complexity index is 409. The lowest BCUT2D eigenvalue weighted by Gasteiger charge is -2.37. The highest BCUT2D eigenvalue weighted by Gasteiger charge is 2.29. The van der Waals surface area contributed by atoms with Crippen molar-refractivity contribution in [2.45, 2.75) is 52.5 Å². The van der Waals surface area contributed by atoms with E-state index in [0.29, 0.717) is 11.5 Å². The minimum absolute atomic E-state index is 0.458. The van der Waals surface area contributed by atoms with Crippen LogP contribution in [0, 0.1) is 11.3 Å². The molecule has 0 amide bonds. The Morgan fingerprint density at radius 1 is 1.10 bits per heavy atom. The summed E-state index contributed by atoms with van der Waals surface area (Å²) in [5, 5.41) is 3.64. The molecule has 1 fully saturated rings. The van der Waals surface area contributed by atoms with Crippen LogP contribution in [0.1, 0.15) is 46.5 Å². The van der Waals surface area contributed by atoms with Crippen molar-refractivity contribution < 1.29 is 0 Å². The average Bonchev–Trinajstić information content (AvgIpc) is 2.39. The Morgan fingerprint density at radius 3 is 2.20 bits per heavy atom. The summed E-state index contributed by atoms with van der Waals surface area (Å²) in [7, 11) is 4.03. The van der Waals surface area contributed by atoms with Crippen LogP contribution in [0.25, 0.3) is 0 Å². The van der Waals surface area contributed by atoms with Gasteiger partial charge < -0.3 is 10.2 Å². The molecule has 1 aliphatic rings. The van der Waals surface area contributed by atoms with E-state index in [-0.39, 0.29) is 0 Å². The number of hydrogen-bond acceptors (Lipinski definition) is 3. The predicted octanol–water partition coefficient (Wildman–Crippen LogP) is 4.16. The van der Waals surface area contributed by atoms with Gasteiger partial charge in [-0.3, -0.25) is 0 Å². The molecule has 1 aromatic heterocycles. The molecule has 0 radical (unpaired) electrons. The monoisotopic (exact) mass is 275 g/mol. The molecule has 1 aliphatic carbocycles. The van der Waals surface area contributed by atoms with Crippen LogP contribution in [-0.2, 0) is 0 Å². The van der Waals surface area contributed by atoms with Gasteiger partial charge in [0.25, 0.3) is 0 Å². The fourth-order valence-electron chi connectivity index (χ4n) is 3.08. The van der Waals surface area contributed by atoms with Gasteiger partial charge in [-0.15, -0.1) is 0 Å². The van der Waals surface area contributed by atoms with Crippen LogP contribution < -0.4 is 10.2 Å². The van der Waals surface area contributed by atoms with Gasteiger partial charge in [-0.25, -0.2) is 4.98 Å². The Kier molecular flexibility index (Phi) is 4.56. The Morgan fingerprint density at radius 2 is 1.75 bits per heavy atom. The van der Waals surface area contributed by atoms with Crippen LogP contribution >= 0.6 is 0 Å². The maximum atomic E-state index is 4.46. The van der Waals surface area contributed by atoms with E-state index in [1.807, 2.05) is 25.2 Å². The third-order valence-electron chi connectivity index (χ3n) is 4.53. The molecule has 1 heterocycles. The van der Waals surface area contributed by atoms with Crippen molar-refractivity contribution in [2.24, 2.45) is 11.3 Å². The molecular formula is C17H29N3. The summed E-state index contributed by atoms with van der Waals surface area (Å²) in [6.45, 7) is 7.11. The first-order valence-electron chi connectivity index (χ1n) is 7.76. The second-order valence-corrected chi connectivity index (χ2v) is 7.36. The van der Waals surface area contributed by atoms with Crippen molar-refractivity contribution in [3.8, 4) is 0 Å². The molecular weight excluding hydrogens is 246 g/mol. The standard InChI is InChI=1S/C17H29N3/c1-17(2,3)13-6-8-14(9-7-13)19-15-10-11-16(18-12-15)20(4)5/h10-14,19H,6-9H2,1-5H3. The smallest absolute Gasteiger partial charge is 0.128 e. The van der Waals surface area contributed by atoms with Gasteiger partial charge in [-0.1, -0.05) is 20.8 Å². The fraction of sp³-hybridized carbons (Fsp3) is 0.706. The molecule has 20 heavy (non-hydrogen) atoms. The molecule has 3 heteroatoms. The van der Waals surface area contributed by atoms with Crippen molar-refractivity contribution in [3.05, 3.63) is 18.3 Å². The summed E-state index contributed by atoms with van der Waals surface area (Å²) in [5.74, 6) is 1.88. The van der Waals surface area contributed by atoms with E-state index in [9.17, 15) is 0 Å². The molecule has 0 atom stereocenters. The third kappa shape index (κ3) is 3.87.